The third kappa shape index (κ3) is 2.76. The lowest BCUT2D eigenvalue weighted by atomic mass is 9.96. The van der Waals surface area contributed by atoms with Gasteiger partial charge in [0.15, 0.2) is 5.69 Å². The van der Waals surface area contributed by atoms with Gasteiger partial charge >= 0.3 is 5.97 Å². The van der Waals surface area contributed by atoms with Crippen LogP contribution in [0.4, 0.5) is 5.00 Å². The smallest absolute Gasteiger partial charge is 0.339 e. The third-order valence-corrected chi connectivity index (χ3v) is 5.23. The number of carboxylic acids is 1. The summed E-state index contributed by atoms with van der Waals surface area (Å²) in [7, 11) is 0. The second-order valence-electron chi connectivity index (χ2n) is 5.59. The molecule has 23 heavy (non-hydrogen) atoms. The molecule has 0 aromatic carbocycles. The molecule has 0 fully saturated rings. The largest absolute Gasteiger partial charge is 0.478 e. The van der Waals surface area contributed by atoms with E-state index in [1.54, 1.807) is 0 Å². The molecule has 3 rings (SSSR count). The average molecular weight is 334 g/mol. The zero-order valence-corrected chi connectivity index (χ0v) is 13.9. The number of rotatable bonds is 4. The highest BCUT2D eigenvalue weighted by molar-refractivity contribution is 7.16. The van der Waals surface area contributed by atoms with E-state index in [2.05, 4.69) is 10.5 Å². The number of nitrogens with one attached hydrogen (secondary N) is 1. The van der Waals surface area contributed by atoms with Crippen LogP contribution in [-0.4, -0.2) is 22.1 Å². The summed E-state index contributed by atoms with van der Waals surface area (Å²) >= 11 is 1.29. The summed E-state index contributed by atoms with van der Waals surface area (Å²) in [5, 5.41) is 16.4. The lowest BCUT2D eigenvalue weighted by Gasteiger charge is -2.09. The van der Waals surface area contributed by atoms with Gasteiger partial charge in [0.25, 0.3) is 5.91 Å². The molecule has 0 radical (unpaired) electrons. The van der Waals surface area contributed by atoms with Crippen LogP contribution in [-0.2, 0) is 19.3 Å². The predicted octanol–water partition coefficient (Wildman–Crippen LogP) is 3.44. The van der Waals surface area contributed by atoms with E-state index >= 15 is 0 Å². The van der Waals surface area contributed by atoms with Gasteiger partial charge in [-0.15, -0.1) is 11.3 Å². The van der Waals surface area contributed by atoms with Crippen LogP contribution >= 0.6 is 11.3 Å². The fourth-order valence-corrected chi connectivity index (χ4v) is 4.18. The number of amides is 1. The number of carbonyl (C=O) groups is 2. The van der Waals surface area contributed by atoms with Gasteiger partial charge in [0.05, 0.1) is 5.56 Å². The summed E-state index contributed by atoms with van der Waals surface area (Å²) in [6.07, 6.45) is 4.23. The highest BCUT2D eigenvalue weighted by Gasteiger charge is 2.27. The van der Waals surface area contributed by atoms with E-state index in [4.69, 9.17) is 4.52 Å². The van der Waals surface area contributed by atoms with E-state index < -0.39 is 11.9 Å². The van der Waals surface area contributed by atoms with Crippen molar-refractivity contribution in [3.63, 3.8) is 0 Å². The number of hydrogen-bond acceptors (Lipinski definition) is 5. The molecule has 0 spiro atoms. The lowest BCUT2D eigenvalue weighted by molar-refractivity contribution is 0.0697. The Morgan fingerprint density at radius 3 is 2.78 bits per heavy atom. The van der Waals surface area contributed by atoms with E-state index in [-0.39, 0.29) is 11.3 Å². The van der Waals surface area contributed by atoms with Crippen LogP contribution in [0, 0.1) is 6.92 Å². The van der Waals surface area contributed by atoms with Gasteiger partial charge in [-0.25, -0.2) is 4.79 Å². The number of hydrogen-bond donors (Lipinski definition) is 2. The molecule has 0 unspecified atom stereocenters. The Balaban J connectivity index is 1.92. The van der Waals surface area contributed by atoms with Gasteiger partial charge in [-0.05, 0) is 38.2 Å². The SMILES string of the molecule is CCc1c(C)sc(NC(=O)c2noc3c2CCCC3)c1C(=O)O. The number of fused-ring (bicyclic) bond motifs is 1. The second-order valence-corrected chi connectivity index (χ2v) is 6.82. The summed E-state index contributed by atoms with van der Waals surface area (Å²) in [6.45, 7) is 3.77. The van der Waals surface area contributed by atoms with Crippen LogP contribution < -0.4 is 5.32 Å². The maximum Gasteiger partial charge on any atom is 0.339 e. The predicted molar refractivity (Wildman–Crippen MR) is 86.5 cm³/mol. The molecule has 0 saturated carbocycles. The number of nitrogens with zero attached hydrogens (tertiary/aromatic N) is 1. The third-order valence-electron chi connectivity index (χ3n) is 4.17. The molecule has 1 aliphatic carbocycles. The zero-order valence-electron chi connectivity index (χ0n) is 13.1. The molecule has 0 bridgehead atoms. The van der Waals surface area contributed by atoms with Crippen molar-refractivity contribution in [3.8, 4) is 0 Å². The van der Waals surface area contributed by atoms with Gasteiger partial charge in [0, 0.05) is 16.9 Å². The topological polar surface area (TPSA) is 92.4 Å². The summed E-state index contributed by atoms with van der Waals surface area (Å²) in [4.78, 5) is 25.0. The van der Waals surface area contributed by atoms with Crippen molar-refractivity contribution >= 4 is 28.2 Å². The van der Waals surface area contributed by atoms with Crippen LogP contribution in [0.3, 0.4) is 0 Å². The summed E-state index contributed by atoms with van der Waals surface area (Å²) in [6, 6.07) is 0. The van der Waals surface area contributed by atoms with Gasteiger partial charge < -0.3 is 14.9 Å². The molecule has 2 N–H and O–H groups in total. The maximum absolute atomic E-state index is 12.5. The molecule has 0 aliphatic heterocycles. The van der Waals surface area contributed by atoms with Gasteiger partial charge in [0.1, 0.15) is 10.8 Å². The molecule has 0 atom stereocenters. The quantitative estimate of drug-likeness (QED) is 0.893. The number of thiophene rings is 1. The minimum Gasteiger partial charge on any atom is -0.478 e. The highest BCUT2D eigenvalue weighted by Crippen LogP contribution is 2.34. The van der Waals surface area contributed by atoms with E-state index in [1.807, 2.05) is 13.8 Å². The monoisotopic (exact) mass is 334 g/mol. The van der Waals surface area contributed by atoms with E-state index in [9.17, 15) is 14.7 Å². The Hall–Kier alpha value is -2.15. The molecule has 6 nitrogen and oxygen atoms in total. The molecular weight excluding hydrogens is 316 g/mol. The molecule has 2 aromatic rings. The Bertz CT molecular complexity index is 775. The van der Waals surface area contributed by atoms with Crippen molar-refractivity contribution in [2.75, 3.05) is 5.32 Å². The van der Waals surface area contributed by atoms with Crippen molar-refractivity contribution in [2.24, 2.45) is 0 Å². The molecular formula is C16H18N2O4S. The Labute approximate surface area is 137 Å². The van der Waals surface area contributed by atoms with Gasteiger partial charge in [0.2, 0.25) is 0 Å². The van der Waals surface area contributed by atoms with Crippen LogP contribution in [0.15, 0.2) is 4.52 Å². The Kier molecular flexibility index (Phi) is 4.21. The van der Waals surface area contributed by atoms with Crippen LogP contribution in [0.1, 0.15) is 62.4 Å². The molecule has 2 aromatic heterocycles. The molecule has 1 aliphatic rings. The van der Waals surface area contributed by atoms with Crippen molar-refractivity contribution < 1.29 is 19.2 Å². The number of aromatic nitrogens is 1. The van der Waals surface area contributed by atoms with Gasteiger partial charge in [-0.1, -0.05) is 12.1 Å². The van der Waals surface area contributed by atoms with Gasteiger partial charge in [-0.3, -0.25) is 4.79 Å². The Morgan fingerprint density at radius 1 is 1.35 bits per heavy atom. The van der Waals surface area contributed by atoms with E-state index in [0.29, 0.717) is 11.4 Å². The van der Waals surface area contributed by atoms with Crippen molar-refractivity contribution in [3.05, 3.63) is 33.0 Å². The van der Waals surface area contributed by atoms with Gasteiger partial charge in [-0.2, -0.15) is 0 Å². The lowest BCUT2D eigenvalue weighted by Crippen LogP contribution is -2.16. The summed E-state index contributed by atoms with van der Waals surface area (Å²) < 4.78 is 5.25. The number of aryl methyl sites for hydroxylation is 2. The number of carbonyl (C=O) groups excluding carboxylic acids is 1. The molecule has 122 valence electrons. The highest BCUT2D eigenvalue weighted by atomic mass is 32.1. The van der Waals surface area contributed by atoms with Crippen molar-refractivity contribution in [1.29, 1.82) is 0 Å². The number of anilines is 1. The van der Waals surface area contributed by atoms with Crippen molar-refractivity contribution in [2.45, 2.75) is 46.0 Å². The first-order valence-corrected chi connectivity index (χ1v) is 8.48. The van der Waals surface area contributed by atoms with Crippen molar-refractivity contribution in [1.82, 2.24) is 5.16 Å². The standard InChI is InChI=1S/C16H18N2O4S/c1-3-9-8(2)23-15(12(9)16(20)21)17-14(19)13-10-6-4-5-7-11(10)22-18-13/h3-7H2,1-2H3,(H,17,19)(H,20,21). The molecule has 1 amide bonds. The fraction of sp³-hybridized carbons (Fsp3) is 0.438. The first-order valence-electron chi connectivity index (χ1n) is 7.67. The number of carboxylic acid groups (broad SMARTS) is 1. The second kappa shape index (κ2) is 6.16. The van der Waals surface area contributed by atoms with E-state index in [0.717, 1.165) is 47.4 Å². The van der Waals surface area contributed by atoms with E-state index in [1.165, 1.54) is 11.3 Å². The minimum atomic E-state index is -1.02. The normalized spacial score (nSPS) is 13.7. The molecule has 0 saturated heterocycles. The van der Waals surface area contributed by atoms with Crippen LogP contribution in [0.5, 0.6) is 0 Å². The minimum absolute atomic E-state index is 0.181. The Morgan fingerprint density at radius 2 is 2.09 bits per heavy atom. The zero-order chi connectivity index (χ0) is 16.6. The summed E-state index contributed by atoms with van der Waals surface area (Å²) in [5.74, 6) is -0.650. The first-order chi connectivity index (χ1) is 11.0. The summed E-state index contributed by atoms with van der Waals surface area (Å²) in [5.41, 5.74) is 2.08. The fourth-order valence-electron chi connectivity index (χ4n) is 3.04. The average Bonchev–Trinajstić information content (AvgIpc) is 3.07. The number of aromatic carboxylic acids is 1. The van der Waals surface area contributed by atoms with Crippen LogP contribution in [0.2, 0.25) is 0 Å². The van der Waals surface area contributed by atoms with Crippen LogP contribution in [0.25, 0.3) is 0 Å². The maximum atomic E-state index is 12.5. The first kappa shape index (κ1) is 15.7. The molecule has 7 heteroatoms. The molecule has 2 heterocycles.